The van der Waals surface area contributed by atoms with Crippen molar-refractivity contribution in [3.63, 3.8) is 0 Å². The highest BCUT2D eigenvalue weighted by Gasteiger charge is 2.11. The summed E-state index contributed by atoms with van der Waals surface area (Å²) in [5.41, 5.74) is 1.50. The van der Waals surface area contributed by atoms with E-state index in [9.17, 15) is 4.79 Å². The minimum Gasteiger partial charge on any atom is -0.488 e. The Morgan fingerprint density at radius 1 is 1.14 bits per heavy atom. The Morgan fingerprint density at radius 3 is 2.59 bits per heavy atom. The van der Waals surface area contributed by atoms with Crippen LogP contribution in [0.5, 0.6) is 5.75 Å². The number of para-hydroxylation sites is 1. The zero-order valence-corrected chi connectivity index (χ0v) is 12.2. The van der Waals surface area contributed by atoms with Gasteiger partial charge in [0.05, 0.1) is 5.52 Å². The maximum absolute atomic E-state index is 11.2. The highest BCUT2D eigenvalue weighted by atomic mass is 35.5. The first-order chi connectivity index (χ1) is 10.6. The molecule has 0 aliphatic rings. The van der Waals surface area contributed by atoms with Gasteiger partial charge in [-0.05, 0) is 29.8 Å². The fraction of sp³-hybridized carbons (Fsp3) is 0.0588. The lowest BCUT2D eigenvalue weighted by Gasteiger charge is -2.10. The average Bonchev–Trinajstić information content (AvgIpc) is 2.53. The van der Waals surface area contributed by atoms with E-state index >= 15 is 0 Å². The Labute approximate surface area is 131 Å². The molecule has 0 aliphatic carbocycles. The molecule has 1 N–H and O–H groups in total. The average molecular weight is 314 g/mol. The smallest absolute Gasteiger partial charge is 0.354 e. The van der Waals surface area contributed by atoms with E-state index in [0.29, 0.717) is 22.9 Å². The van der Waals surface area contributed by atoms with Crippen molar-refractivity contribution in [2.24, 2.45) is 0 Å². The molecule has 0 saturated carbocycles. The number of halogens is 1. The Kier molecular flexibility index (Phi) is 3.94. The number of aromatic carboxylic acids is 1. The van der Waals surface area contributed by atoms with Gasteiger partial charge in [0.15, 0.2) is 5.69 Å². The van der Waals surface area contributed by atoms with E-state index in [2.05, 4.69) is 4.98 Å². The molecule has 3 rings (SSSR count). The number of carboxylic acids is 1. The molecule has 110 valence electrons. The number of hydrogen-bond donors (Lipinski definition) is 1. The van der Waals surface area contributed by atoms with Crippen molar-refractivity contribution in [3.8, 4) is 5.75 Å². The second-order valence-corrected chi connectivity index (χ2v) is 5.18. The van der Waals surface area contributed by atoms with Crippen LogP contribution >= 0.6 is 11.6 Å². The van der Waals surface area contributed by atoms with E-state index in [1.807, 2.05) is 30.3 Å². The van der Waals surface area contributed by atoms with Crippen LogP contribution in [0.3, 0.4) is 0 Å². The number of carbonyl (C=O) groups is 1. The lowest BCUT2D eigenvalue weighted by atomic mass is 10.1. The van der Waals surface area contributed by atoms with E-state index in [1.165, 1.54) is 6.07 Å². The van der Waals surface area contributed by atoms with Gasteiger partial charge in [-0.2, -0.15) is 0 Å². The quantitative estimate of drug-likeness (QED) is 0.785. The van der Waals surface area contributed by atoms with Gasteiger partial charge in [-0.15, -0.1) is 0 Å². The van der Waals surface area contributed by atoms with E-state index in [-0.39, 0.29) is 5.69 Å². The van der Waals surface area contributed by atoms with Crippen molar-refractivity contribution in [1.29, 1.82) is 0 Å². The number of benzene rings is 2. The first-order valence-corrected chi connectivity index (χ1v) is 7.01. The van der Waals surface area contributed by atoms with Crippen LogP contribution in [-0.2, 0) is 6.61 Å². The van der Waals surface area contributed by atoms with Crippen LogP contribution < -0.4 is 4.74 Å². The van der Waals surface area contributed by atoms with E-state index < -0.39 is 5.97 Å². The third kappa shape index (κ3) is 3.02. The number of fused-ring (bicyclic) bond motifs is 1. The van der Waals surface area contributed by atoms with Crippen molar-refractivity contribution in [1.82, 2.24) is 4.98 Å². The largest absolute Gasteiger partial charge is 0.488 e. The summed E-state index contributed by atoms with van der Waals surface area (Å²) >= 11 is 5.85. The standard InChI is InChI=1S/C17H12ClNO3/c18-12-7-5-11(6-8-12)10-22-16-9-15(17(20)21)19-14-4-2-1-3-13(14)16/h1-9H,10H2,(H,20,21). The van der Waals surface area contributed by atoms with Gasteiger partial charge in [-0.25, -0.2) is 9.78 Å². The maximum Gasteiger partial charge on any atom is 0.354 e. The Hall–Kier alpha value is -2.59. The molecule has 0 fully saturated rings. The molecule has 1 heterocycles. The van der Waals surface area contributed by atoms with Crippen LogP contribution in [0.4, 0.5) is 0 Å². The molecule has 1 aromatic heterocycles. The molecule has 0 saturated heterocycles. The molecule has 0 unspecified atom stereocenters. The summed E-state index contributed by atoms with van der Waals surface area (Å²) in [4.78, 5) is 15.3. The summed E-state index contributed by atoms with van der Waals surface area (Å²) in [5, 5.41) is 10.6. The Bertz CT molecular complexity index is 831. The molecule has 3 aromatic rings. The summed E-state index contributed by atoms with van der Waals surface area (Å²) in [7, 11) is 0. The van der Waals surface area contributed by atoms with Gasteiger partial charge in [0, 0.05) is 16.5 Å². The molecule has 0 radical (unpaired) electrons. The van der Waals surface area contributed by atoms with Gasteiger partial charge in [0.25, 0.3) is 0 Å². The lowest BCUT2D eigenvalue weighted by molar-refractivity contribution is 0.0690. The number of ether oxygens (including phenoxy) is 1. The number of carboxylic acid groups (broad SMARTS) is 1. The first kappa shape index (κ1) is 14.4. The van der Waals surface area contributed by atoms with Gasteiger partial charge in [-0.3, -0.25) is 0 Å². The summed E-state index contributed by atoms with van der Waals surface area (Å²) in [6.45, 7) is 0.324. The summed E-state index contributed by atoms with van der Waals surface area (Å²) in [5.74, 6) is -0.583. The number of rotatable bonds is 4. The van der Waals surface area contributed by atoms with E-state index in [4.69, 9.17) is 21.4 Å². The van der Waals surface area contributed by atoms with Crippen molar-refractivity contribution < 1.29 is 14.6 Å². The van der Waals surface area contributed by atoms with Gasteiger partial charge in [0.2, 0.25) is 0 Å². The van der Waals surface area contributed by atoms with Crippen LogP contribution in [0, 0.1) is 0 Å². The molecule has 4 nitrogen and oxygen atoms in total. The molecule has 0 aliphatic heterocycles. The van der Waals surface area contributed by atoms with E-state index in [0.717, 1.165) is 10.9 Å². The molecule has 2 aromatic carbocycles. The zero-order valence-electron chi connectivity index (χ0n) is 11.5. The maximum atomic E-state index is 11.2. The molecule has 5 heteroatoms. The number of hydrogen-bond acceptors (Lipinski definition) is 3. The highest BCUT2D eigenvalue weighted by Crippen LogP contribution is 2.26. The molecule has 22 heavy (non-hydrogen) atoms. The fourth-order valence-electron chi connectivity index (χ4n) is 2.11. The van der Waals surface area contributed by atoms with Gasteiger partial charge in [0.1, 0.15) is 12.4 Å². The van der Waals surface area contributed by atoms with Crippen molar-refractivity contribution in [3.05, 3.63) is 70.9 Å². The van der Waals surface area contributed by atoms with E-state index in [1.54, 1.807) is 18.2 Å². The van der Waals surface area contributed by atoms with Crippen LogP contribution in [0.25, 0.3) is 10.9 Å². The summed E-state index contributed by atoms with van der Waals surface area (Å²) in [6.07, 6.45) is 0. The second kappa shape index (κ2) is 6.03. The van der Waals surface area contributed by atoms with Crippen molar-refractivity contribution in [2.75, 3.05) is 0 Å². The summed E-state index contributed by atoms with van der Waals surface area (Å²) < 4.78 is 5.79. The minimum atomic E-state index is -1.08. The number of pyridine rings is 1. The Balaban J connectivity index is 1.94. The topological polar surface area (TPSA) is 59.4 Å². The minimum absolute atomic E-state index is 0.0372. The molecule has 0 bridgehead atoms. The SMILES string of the molecule is O=C(O)c1cc(OCc2ccc(Cl)cc2)c2ccccc2n1. The predicted octanol–water partition coefficient (Wildman–Crippen LogP) is 4.17. The zero-order chi connectivity index (χ0) is 15.5. The number of nitrogens with zero attached hydrogens (tertiary/aromatic N) is 1. The molecular weight excluding hydrogens is 302 g/mol. The van der Waals surface area contributed by atoms with Crippen molar-refractivity contribution >= 4 is 28.5 Å². The Morgan fingerprint density at radius 2 is 1.86 bits per heavy atom. The van der Waals surface area contributed by atoms with Crippen LogP contribution in [0.1, 0.15) is 16.1 Å². The van der Waals surface area contributed by atoms with Crippen LogP contribution in [0.15, 0.2) is 54.6 Å². The van der Waals surface area contributed by atoms with Gasteiger partial charge >= 0.3 is 5.97 Å². The number of aromatic nitrogens is 1. The lowest BCUT2D eigenvalue weighted by Crippen LogP contribution is -2.03. The third-order valence-corrected chi connectivity index (χ3v) is 3.46. The second-order valence-electron chi connectivity index (χ2n) is 4.74. The highest BCUT2D eigenvalue weighted by molar-refractivity contribution is 6.30. The molecule has 0 atom stereocenters. The predicted molar refractivity (Wildman–Crippen MR) is 84.5 cm³/mol. The third-order valence-electron chi connectivity index (χ3n) is 3.20. The molecule has 0 spiro atoms. The van der Waals surface area contributed by atoms with Gasteiger partial charge in [-0.1, -0.05) is 35.9 Å². The van der Waals surface area contributed by atoms with Gasteiger partial charge < -0.3 is 9.84 Å². The molecular formula is C17H12ClNO3. The molecule has 0 amide bonds. The normalized spacial score (nSPS) is 10.6. The van der Waals surface area contributed by atoms with Crippen LogP contribution in [0.2, 0.25) is 5.02 Å². The van der Waals surface area contributed by atoms with Crippen molar-refractivity contribution in [2.45, 2.75) is 6.61 Å². The first-order valence-electron chi connectivity index (χ1n) is 6.64. The summed E-state index contributed by atoms with van der Waals surface area (Å²) in [6, 6.07) is 16.0. The fourth-order valence-corrected chi connectivity index (χ4v) is 2.24. The monoisotopic (exact) mass is 313 g/mol. The van der Waals surface area contributed by atoms with Crippen LogP contribution in [-0.4, -0.2) is 16.1 Å².